The van der Waals surface area contributed by atoms with Crippen molar-refractivity contribution in [2.45, 2.75) is 13.8 Å². The smallest absolute Gasteiger partial charge is 0.339 e. The van der Waals surface area contributed by atoms with Crippen molar-refractivity contribution in [3.63, 3.8) is 0 Å². The molecule has 0 saturated heterocycles. The Morgan fingerprint density at radius 3 is 2.28 bits per heavy atom. The molecule has 168 valence electrons. The summed E-state index contributed by atoms with van der Waals surface area (Å²) in [6, 6.07) is 11.3. The van der Waals surface area contributed by atoms with Crippen LogP contribution in [0.2, 0.25) is 10.0 Å². The number of aromatic carboxylic acids is 1. The molecule has 0 bridgehead atoms. The van der Waals surface area contributed by atoms with Gasteiger partial charge in [0, 0.05) is 44.1 Å². The normalized spacial score (nSPS) is 10.2. The summed E-state index contributed by atoms with van der Waals surface area (Å²) in [4.78, 5) is 33.7. The van der Waals surface area contributed by atoms with E-state index in [1.54, 1.807) is 61.9 Å². The van der Waals surface area contributed by atoms with Gasteiger partial charge in [0.1, 0.15) is 0 Å². The van der Waals surface area contributed by atoms with E-state index in [0.717, 1.165) is 10.8 Å². The van der Waals surface area contributed by atoms with Gasteiger partial charge in [-0.1, -0.05) is 45.2 Å². The third-order valence-corrected chi connectivity index (χ3v) is 5.77. The standard InChI is InChI=1S/C16H16ClNO4.C7H4BrClO/c1-4-22-16(21)12-8-14(18(3)9(12)2)11-6-5-10(17)7-13(11)15(19)20;8-7-3-6(9)2-1-5(7)4-10/h5-8H,4H2,1-3H3,(H,19,20);1-4H. The fourth-order valence-corrected chi connectivity index (χ4v) is 3.84. The number of hydrogen-bond acceptors (Lipinski definition) is 4. The Balaban J connectivity index is 0.000000303. The monoisotopic (exact) mass is 539 g/mol. The first-order valence-corrected chi connectivity index (χ1v) is 10.9. The second-order valence-electron chi connectivity index (χ2n) is 6.59. The van der Waals surface area contributed by atoms with E-state index in [-0.39, 0.29) is 12.2 Å². The number of nitrogens with zero attached hydrogens (tertiary/aromatic N) is 1. The summed E-state index contributed by atoms with van der Waals surface area (Å²) in [5.74, 6) is -1.50. The number of esters is 1. The lowest BCUT2D eigenvalue weighted by atomic mass is 10.0. The third-order valence-electron chi connectivity index (χ3n) is 4.61. The number of rotatable bonds is 5. The summed E-state index contributed by atoms with van der Waals surface area (Å²) < 4.78 is 7.52. The number of aldehydes is 1. The van der Waals surface area contributed by atoms with Crippen LogP contribution in [0.15, 0.2) is 46.9 Å². The largest absolute Gasteiger partial charge is 0.478 e. The van der Waals surface area contributed by atoms with Crippen LogP contribution in [-0.4, -0.2) is 34.5 Å². The summed E-state index contributed by atoms with van der Waals surface area (Å²) >= 11 is 14.7. The molecule has 0 unspecified atom stereocenters. The third kappa shape index (κ3) is 6.00. The van der Waals surface area contributed by atoms with Crippen molar-refractivity contribution in [3.05, 3.63) is 79.4 Å². The Bertz CT molecular complexity index is 1170. The predicted octanol–water partition coefficient (Wildman–Crippen LogP) is 6.44. The van der Waals surface area contributed by atoms with Crippen LogP contribution in [0.5, 0.6) is 0 Å². The topological polar surface area (TPSA) is 85.6 Å². The predicted molar refractivity (Wildman–Crippen MR) is 128 cm³/mol. The van der Waals surface area contributed by atoms with Crippen LogP contribution in [0.1, 0.15) is 43.7 Å². The van der Waals surface area contributed by atoms with Crippen LogP contribution in [-0.2, 0) is 11.8 Å². The molecule has 3 rings (SSSR count). The van der Waals surface area contributed by atoms with E-state index in [1.165, 1.54) is 6.07 Å². The number of carbonyl (C=O) groups is 3. The number of carboxylic acid groups (broad SMARTS) is 1. The zero-order chi connectivity index (χ0) is 24.0. The molecule has 1 N–H and O–H groups in total. The fraction of sp³-hybridized carbons (Fsp3) is 0.174. The average molecular weight is 541 g/mol. The molecule has 2 aromatic carbocycles. The van der Waals surface area contributed by atoms with Gasteiger partial charge < -0.3 is 14.4 Å². The number of halogens is 3. The van der Waals surface area contributed by atoms with Crippen LogP contribution in [0, 0.1) is 6.92 Å². The first-order chi connectivity index (χ1) is 15.1. The highest BCUT2D eigenvalue weighted by molar-refractivity contribution is 9.10. The van der Waals surface area contributed by atoms with Gasteiger partial charge in [-0.2, -0.15) is 0 Å². The molecule has 1 aromatic heterocycles. The Labute approximate surface area is 203 Å². The van der Waals surface area contributed by atoms with Gasteiger partial charge in [0.25, 0.3) is 0 Å². The van der Waals surface area contributed by atoms with E-state index in [1.807, 2.05) is 0 Å². The minimum absolute atomic E-state index is 0.0866. The van der Waals surface area contributed by atoms with E-state index >= 15 is 0 Å². The first-order valence-electron chi connectivity index (χ1n) is 9.37. The lowest BCUT2D eigenvalue weighted by Crippen LogP contribution is -2.06. The van der Waals surface area contributed by atoms with Crippen molar-refractivity contribution in [1.29, 1.82) is 0 Å². The van der Waals surface area contributed by atoms with Crippen molar-refractivity contribution in [3.8, 4) is 11.3 Å². The number of aromatic nitrogens is 1. The highest BCUT2D eigenvalue weighted by Crippen LogP contribution is 2.30. The minimum Gasteiger partial charge on any atom is -0.478 e. The minimum atomic E-state index is -1.07. The quantitative estimate of drug-likeness (QED) is 0.297. The lowest BCUT2D eigenvalue weighted by molar-refractivity contribution is 0.0525. The average Bonchev–Trinajstić information content (AvgIpc) is 3.03. The Morgan fingerprint density at radius 1 is 1.09 bits per heavy atom. The van der Waals surface area contributed by atoms with Gasteiger partial charge in [-0.15, -0.1) is 0 Å². The molecule has 6 nitrogen and oxygen atoms in total. The maximum absolute atomic E-state index is 12.0. The lowest BCUT2D eigenvalue weighted by Gasteiger charge is -2.09. The molecule has 0 spiro atoms. The molecule has 0 saturated carbocycles. The van der Waals surface area contributed by atoms with Crippen LogP contribution < -0.4 is 0 Å². The highest BCUT2D eigenvalue weighted by Gasteiger charge is 2.21. The van der Waals surface area contributed by atoms with E-state index in [4.69, 9.17) is 27.9 Å². The van der Waals surface area contributed by atoms with Crippen molar-refractivity contribution in [1.82, 2.24) is 4.57 Å². The SMILES string of the molecule is CCOC(=O)c1cc(-c2ccc(Cl)cc2C(=O)O)n(C)c1C.O=Cc1ccc(Cl)cc1Br. The Kier molecular flexibility index (Phi) is 9.07. The van der Waals surface area contributed by atoms with Crippen LogP contribution in [0.3, 0.4) is 0 Å². The Hall–Kier alpha value is -2.61. The van der Waals surface area contributed by atoms with Crippen molar-refractivity contribution >= 4 is 57.4 Å². The molecule has 0 fully saturated rings. The summed E-state index contributed by atoms with van der Waals surface area (Å²) in [5, 5.41) is 10.3. The molecule has 0 aliphatic rings. The van der Waals surface area contributed by atoms with Gasteiger partial charge in [0.15, 0.2) is 6.29 Å². The van der Waals surface area contributed by atoms with Gasteiger partial charge in [-0.25, -0.2) is 9.59 Å². The Morgan fingerprint density at radius 2 is 1.72 bits per heavy atom. The van der Waals surface area contributed by atoms with Gasteiger partial charge in [-0.3, -0.25) is 4.79 Å². The van der Waals surface area contributed by atoms with Crippen LogP contribution in [0.25, 0.3) is 11.3 Å². The maximum Gasteiger partial charge on any atom is 0.339 e. The van der Waals surface area contributed by atoms with Crippen LogP contribution >= 0.6 is 39.1 Å². The van der Waals surface area contributed by atoms with Gasteiger partial charge in [-0.05, 0) is 50.2 Å². The van der Waals surface area contributed by atoms with Gasteiger partial charge >= 0.3 is 11.9 Å². The van der Waals surface area contributed by atoms with E-state index in [2.05, 4.69) is 15.9 Å². The van der Waals surface area contributed by atoms with Gasteiger partial charge in [0.05, 0.1) is 17.7 Å². The van der Waals surface area contributed by atoms with Crippen molar-refractivity contribution < 1.29 is 24.2 Å². The molecule has 1 heterocycles. The zero-order valence-corrected chi connectivity index (χ0v) is 20.6. The molecule has 0 atom stereocenters. The molecular formula is C23H20BrCl2NO5. The molecule has 3 aromatic rings. The molecule has 9 heteroatoms. The molecule has 0 amide bonds. The highest BCUT2D eigenvalue weighted by atomic mass is 79.9. The molecule has 0 aliphatic heterocycles. The summed E-state index contributed by atoms with van der Waals surface area (Å²) in [6.45, 7) is 3.80. The summed E-state index contributed by atoms with van der Waals surface area (Å²) in [7, 11) is 1.77. The van der Waals surface area contributed by atoms with Crippen molar-refractivity contribution in [2.75, 3.05) is 6.61 Å². The van der Waals surface area contributed by atoms with Gasteiger partial charge in [0.2, 0.25) is 0 Å². The number of ether oxygens (including phenoxy) is 1. The maximum atomic E-state index is 12.0. The fourth-order valence-electron chi connectivity index (χ4n) is 2.89. The number of carboxylic acids is 1. The van der Waals surface area contributed by atoms with E-state index in [9.17, 15) is 19.5 Å². The molecule has 0 aliphatic carbocycles. The second kappa shape index (κ2) is 11.3. The van der Waals surface area contributed by atoms with Crippen molar-refractivity contribution in [2.24, 2.45) is 7.05 Å². The van der Waals surface area contributed by atoms with Crippen LogP contribution in [0.4, 0.5) is 0 Å². The summed E-state index contributed by atoms with van der Waals surface area (Å²) in [6.07, 6.45) is 0.778. The molecule has 32 heavy (non-hydrogen) atoms. The van der Waals surface area contributed by atoms with E-state index in [0.29, 0.717) is 38.1 Å². The number of carbonyl (C=O) groups excluding carboxylic acids is 2. The summed E-state index contributed by atoms with van der Waals surface area (Å²) in [5.41, 5.74) is 2.95. The second-order valence-corrected chi connectivity index (χ2v) is 8.31. The number of hydrogen-bond donors (Lipinski definition) is 1. The zero-order valence-electron chi connectivity index (χ0n) is 17.5. The number of benzene rings is 2. The molecular weight excluding hydrogens is 521 g/mol. The molecule has 0 radical (unpaired) electrons. The van der Waals surface area contributed by atoms with E-state index < -0.39 is 11.9 Å². The first kappa shape index (κ1) is 25.6.